The Bertz CT molecular complexity index is 1690. The van der Waals surface area contributed by atoms with Crippen LogP contribution in [0.2, 0.25) is 0 Å². The number of nitrogens with zero attached hydrogens (tertiary/aromatic N) is 2. The lowest BCUT2D eigenvalue weighted by molar-refractivity contribution is -0.139. The van der Waals surface area contributed by atoms with E-state index in [2.05, 4.69) is 5.32 Å². The third-order valence-corrected chi connectivity index (χ3v) is 9.27. The van der Waals surface area contributed by atoms with Crippen molar-refractivity contribution in [1.82, 2.24) is 10.2 Å². The summed E-state index contributed by atoms with van der Waals surface area (Å²) in [5.41, 5.74) is 4.01. The van der Waals surface area contributed by atoms with E-state index in [1.165, 1.54) is 30.1 Å². The van der Waals surface area contributed by atoms with Crippen LogP contribution in [-0.2, 0) is 32.6 Å². The van der Waals surface area contributed by atoms with E-state index >= 15 is 0 Å². The van der Waals surface area contributed by atoms with Crippen molar-refractivity contribution in [3.8, 4) is 0 Å². The predicted molar refractivity (Wildman–Crippen MR) is 167 cm³/mol. The van der Waals surface area contributed by atoms with Gasteiger partial charge in [-0.25, -0.2) is 12.8 Å². The van der Waals surface area contributed by atoms with Crippen LogP contribution in [0.1, 0.15) is 27.8 Å². The summed E-state index contributed by atoms with van der Waals surface area (Å²) < 4.78 is 44.1. The molecule has 43 heavy (non-hydrogen) atoms. The molecule has 7 nitrogen and oxygen atoms in total. The molecule has 1 atom stereocenters. The summed E-state index contributed by atoms with van der Waals surface area (Å²) >= 11 is 0. The highest BCUT2D eigenvalue weighted by Gasteiger charge is 2.34. The zero-order valence-corrected chi connectivity index (χ0v) is 25.6. The van der Waals surface area contributed by atoms with E-state index in [1.54, 1.807) is 48.5 Å². The van der Waals surface area contributed by atoms with Gasteiger partial charge < -0.3 is 10.2 Å². The highest BCUT2D eigenvalue weighted by Crippen LogP contribution is 2.27. The molecule has 0 bridgehead atoms. The monoisotopic (exact) mass is 601 g/mol. The van der Waals surface area contributed by atoms with Crippen LogP contribution in [0.3, 0.4) is 0 Å². The lowest BCUT2D eigenvalue weighted by Crippen LogP contribution is -2.53. The number of halogens is 1. The Morgan fingerprint density at radius 2 is 1.49 bits per heavy atom. The smallest absolute Gasteiger partial charge is 0.264 e. The van der Waals surface area contributed by atoms with Crippen LogP contribution in [0.25, 0.3) is 0 Å². The van der Waals surface area contributed by atoms with E-state index in [-0.39, 0.29) is 23.4 Å². The first-order chi connectivity index (χ1) is 20.5. The minimum atomic E-state index is -4.21. The van der Waals surface area contributed by atoms with Gasteiger partial charge in [-0.3, -0.25) is 13.9 Å². The molecule has 0 unspecified atom stereocenters. The number of aryl methyl sites for hydroxylation is 3. The summed E-state index contributed by atoms with van der Waals surface area (Å²) in [5, 5.41) is 2.62. The van der Waals surface area contributed by atoms with Crippen LogP contribution >= 0.6 is 0 Å². The van der Waals surface area contributed by atoms with Crippen LogP contribution in [0.15, 0.2) is 102 Å². The largest absolute Gasteiger partial charge is 0.357 e. The van der Waals surface area contributed by atoms with Gasteiger partial charge in [-0.05, 0) is 67.8 Å². The highest BCUT2D eigenvalue weighted by molar-refractivity contribution is 7.92. The fraction of sp³-hybridized carbons (Fsp3) is 0.235. The maximum Gasteiger partial charge on any atom is 0.264 e. The van der Waals surface area contributed by atoms with Crippen molar-refractivity contribution in [1.29, 1.82) is 0 Å². The molecular formula is C34H36FN3O4S. The van der Waals surface area contributed by atoms with Crippen molar-refractivity contribution in [2.24, 2.45) is 0 Å². The van der Waals surface area contributed by atoms with Gasteiger partial charge in [-0.15, -0.1) is 0 Å². The Hall–Kier alpha value is -4.50. The van der Waals surface area contributed by atoms with E-state index < -0.39 is 40.2 Å². The average molecular weight is 602 g/mol. The van der Waals surface area contributed by atoms with Crippen LogP contribution < -0.4 is 9.62 Å². The number of likely N-dealkylation sites (N-methyl/N-ethyl adjacent to an activating group) is 1. The van der Waals surface area contributed by atoms with Gasteiger partial charge in [0.15, 0.2) is 0 Å². The molecule has 0 aliphatic heterocycles. The molecule has 0 aliphatic carbocycles. The van der Waals surface area contributed by atoms with E-state index in [4.69, 9.17) is 0 Å². The summed E-state index contributed by atoms with van der Waals surface area (Å²) in [7, 11) is -2.74. The van der Waals surface area contributed by atoms with Gasteiger partial charge in [0.1, 0.15) is 18.4 Å². The molecule has 9 heteroatoms. The third-order valence-electron chi connectivity index (χ3n) is 7.48. The second-order valence-electron chi connectivity index (χ2n) is 10.5. The molecule has 2 amide bonds. The summed E-state index contributed by atoms with van der Waals surface area (Å²) in [6.07, 6.45) is 0.148. The van der Waals surface area contributed by atoms with Gasteiger partial charge in [0.2, 0.25) is 11.8 Å². The molecule has 4 rings (SSSR count). The zero-order valence-electron chi connectivity index (χ0n) is 24.7. The predicted octanol–water partition coefficient (Wildman–Crippen LogP) is 5.33. The summed E-state index contributed by atoms with van der Waals surface area (Å²) in [4.78, 5) is 28.9. The summed E-state index contributed by atoms with van der Waals surface area (Å²) in [5.74, 6) is -1.64. The standard InChI is InChI=1S/C34H36FN3O4S/c1-24-14-18-30(19-15-24)43(41,42)38(29-17-16-25(2)26(3)20-29)23-33(39)37(22-28-12-8-9-13-31(28)35)32(34(40)36-4)21-27-10-6-5-7-11-27/h5-20,32H,21-23H2,1-4H3,(H,36,40)/t32-/m0/s1. The van der Waals surface area contributed by atoms with Crippen molar-refractivity contribution >= 4 is 27.5 Å². The lowest BCUT2D eigenvalue weighted by Gasteiger charge is -2.33. The normalized spacial score (nSPS) is 11.9. The first kappa shape index (κ1) is 31.4. The van der Waals surface area contributed by atoms with Gasteiger partial charge >= 0.3 is 0 Å². The van der Waals surface area contributed by atoms with Crippen molar-refractivity contribution in [3.63, 3.8) is 0 Å². The van der Waals surface area contributed by atoms with E-state index in [0.29, 0.717) is 5.69 Å². The number of carbonyl (C=O) groups is 2. The topological polar surface area (TPSA) is 86.8 Å². The Labute approximate surface area is 253 Å². The molecule has 4 aromatic carbocycles. The molecule has 0 radical (unpaired) electrons. The Morgan fingerprint density at radius 1 is 0.837 bits per heavy atom. The first-order valence-electron chi connectivity index (χ1n) is 14.0. The average Bonchev–Trinajstić information content (AvgIpc) is 3.00. The Balaban J connectivity index is 1.81. The SMILES string of the molecule is CNC(=O)[C@H](Cc1ccccc1)N(Cc1ccccc1F)C(=O)CN(c1ccc(C)c(C)c1)S(=O)(=O)c1ccc(C)cc1. The van der Waals surface area contributed by atoms with Gasteiger partial charge in [-0.1, -0.05) is 72.3 Å². The quantitative estimate of drug-likeness (QED) is 0.252. The van der Waals surface area contributed by atoms with Crippen molar-refractivity contribution in [2.45, 2.75) is 44.7 Å². The van der Waals surface area contributed by atoms with Crippen molar-refractivity contribution < 1.29 is 22.4 Å². The number of sulfonamides is 1. The number of hydrogen-bond donors (Lipinski definition) is 1. The minimum Gasteiger partial charge on any atom is -0.357 e. The van der Waals surface area contributed by atoms with E-state index in [0.717, 1.165) is 26.6 Å². The third kappa shape index (κ3) is 7.48. The first-order valence-corrected chi connectivity index (χ1v) is 15.4. The second-order valence-corrected chi connectivity index (χ2v) is 12.4. The molecule has 0 saturated carbocycles. The van der Waals surface area contributed by atoms with Crippen molar-refractivity contribution in [2.75, 3.05) is 17.9 Å². The fourth-order valence-corrected chi connectivity index (χ4v) is 6.18. The number of benzene rings is 4. The maximum absolute atomic E-state index is 14.9. The van der Waals surface area contributed by atoms with Crippen LogP contribution in [0.4, 0.5) is 10.1 Å². The molecule has 0 fully saturated rings. The van der Waals surface area contributed by atoms with Gasteiger partial charge in [0.25, 0.3) is 10.0 Å². The Morgan fingerprint density at radius 3 is 2.12 bits per heavy atom. The van der Waals surface area contributed by atoms with Gasteiger partial charge in [-0.2, -0.15) is 0 Å². The molecular weight excluding hydrogens is 565 g/mol. The number of nitrogens with one attached hydrogen (secondary N) is 1. The number of carbonyl (C=O) groups excluding carboxylic acids is 2. The molecule has 224 valence electrons. The maximum atomic E-state index is 14.9. The fourth-order valence-electron chi connectivity index (χ4n) is 4.78. The summed E-state index contributed by atoms with van der Waals surface area (Å²) in [6, 6.07) is 25.7. The minimum absolute atomic E-state index is 0.0249. The summed E-state index contributed by atoms with van der Waals surface area (Å²) in [6.45, 7) is 4.80. The van der Waals surface area contributed by atoms with Crippen LogP contribution in [-0.4, -0.2) is 44.8 Å². The van der Waals surface area contributed by atoms with E-state index in [1.807, 2.05) is 51.1 Å². The number of rotatable bonds is 11. The molecule has 0 heterocycles. The molecule has 0 aromatic heterocycles. The highest BCUT2D eigenvalue weighted by atomic mass is 32.2. The molecule has 1 N–H and O–H groups in total. The molecule has 0 spiro atoms. The van der Waals surface area contributed by atoms with E-state index in [9.17, 15) is 22.4 Å². The molecule has 0 aliphatic rings. The van der Waals surface area contributed by atoms with Gasteiger partial charge in [0, 0.05) is 25.6 Å². The van der Waals surface area contributed by atoms with Crippen LogP contribution in [0.5, 0.6) is 0 Å². The van der Waals surface area contributed by atoms with Crippen molar-refractivity contribution in [3.05, 3.63) is 131 Å². The molecule has 0 saturated heterocycles. The molecule has 4 aromatic rings. The van der Waals surface area contributed by atoms with Crippen LogP contribution in [0, 0.1) is 26.6 Å². The number of hydrogen-bond acceptors (Lipinski definition) is 4. The number of anilines is 1. The van der Waals surface area contributed by atoms with Gasteiger partial charge in [0.05, 0.1) is 10.6 Å². The second kappa shape index (κ2) is 13.6. The zero-order chi connectivity index (χ0) is 31.1. The lowest BCUT2D eigenvalue weighted by atomic mass is 10.0. The number of amides is 2. The Kier molecular flexibility index (Phi) is 9.98.